The number of rotatable bonds is 3. The fourth-order valence-corrected chi connectivity index (χ4v) is 3.12. The van der Waals surface area contributed by atoms with Gasteiger partial charge in [0.1, 0.15) is 0 Å². The van der Waals surface area contributed by atoms with Crippen molar-refractivity contribution < 1.29 is 9.53 Å². The number of nitrogens with zero attached hydrogens (tertiary/aromatic N) is 1. The fourth-order valence-electron chi connectivity index (χ4n) is 3.12. The van der Waals surface area contributed by atoms with Gasteiger partial charge in [0.25, 0.3) is 0 Å². The molecule has 0 aromatic heterocycles. The lowest BCUT2D eigenvalue weighted by molar-refractivity contribution is -0.116. The summed E-state index contributed by atoms with van der Waals surface area (Å²) in [5.74, 6) is 0.0682. The van der Waals surface area contributed by atoms with Gasteiger partial charge >= 0.3 is 0 Å². The molecule has 2 aliphatic heterocycles. The maximum Gasteiger partial charge on any atom is 0.224 e. The average Bonchev–Trinajstić information content (AvgIpc) is 2.47. The molecule has 114 valence electrons. The molecule has 1 aromatic carbocycles. The van der Waals surface area contributed by atoms with Crippen molar-refractivity contribution in [3.05, 3.63) is 17.7 Å². The lowest BCUT2D eigenvalue weighted by Crippen LogP contribution is -2.34. The molecular formula is C16H23N3O2. The third-order valence-electron chi connectivity index (χ3n) is 4.31. The second-order valence-electron chi connectivity index (χ2n) is 5.99. The van der Waals surface area contributed by atoms with Crippen molar-refractivity contribution in [3.63, 3.8) is 0 Å². The SMILES string of the molecule is CN(CC1CCCCO1)c1cc2c(cc1N)NC(=O)CC2. The van der Waals surface area contributed by atoms with E-state index in [1.54, 1.807) is 0 Å². The summed E-state index contributed by atoms with van der Waals surface area (Å²) in [6, 6.07) is 3.98. The Labute approximate surface area is 125 Å². The van der Waals surface area contributed by atoms with Gasteiger partial charge in [-0.05, 0) is 43.4 Å². The summed E-state index contributed by atoms with van der Waals surface area (Å²) >= 11 is 0. The number of nitrogens with two attached hydrogens (primary N) is 1. The van der Waals surface area contributed by atoms with Crippen LogP contribution < -0.4 is 16.0 Å². The number of carbonyl (C=O) groups excluding carboxylic acids is 1. The number of ether oxygens (including phenoxy) is 1. The van der Waals surface area contributed by atoms with Crippen LogP contribution in [0.25, 0.3) is 0 Å². The molecule has 3 rings (SSSR count). The number of anilines is 3. The van der Waals surface area contributed by atoms with E-state index in [4.69, 9.17) is 10.5 Å². The van der Waals surface area contributed by atoms with Crippen LogP contribution >= 0.6 is 0 Å². The van der Waals surface area contributed by atoms with Crippen LogP contribution in [0.3, 0.4) is 0 Å². The monoisotopic (exact) mass is 289 g/mol. The predicted molar refractivity (Wildman–Crippen MR) is 84.7 cm³/mol. The third kappa shape index (κ3) is 3.13. The lowest BCUT2D eigenvalue weighted by atomic mass is 10.0. The first-order chi connectivity index (χ1) is 10.1. The number of hydrogen-bond acceptors (Lipinski definition) is 4. The van der Waals surface area contributed by atoms with Gasteiger partial charge in [-0.15, -0.1) is 0 Å². The molecule has 0 aliphatic carbocycles. The number of aryl methyl sites for hydroxylation is 1. The Morgan fingerprint density at radius 2 is 2.24 bits per heavy atom. The number of amides is 1. The van der Waals surface area contributed by atoms with E-state index < -0.39 is 0 Å². The van der Waals surface area contributed by atoms with E-state index in [1.807, 2.05) is 6.07 Å². The summed E-state index contributed by atoms with van der Waals surface area (Å²) in [4.78, 5) is 13.6. The Morgan fingerprint density at radius 3 is 3.00 bits per heavy atom. The highest BCUT2D eigenvalue weighted by Crippen LogP contribution is 2.33. The van der Waals surface area contributed by atoms with Gasteiger partial charge in [-0.25, -0.2) is 0 Å². The van der Waals surface area contributed by atoms with Gasteiger partial charge in [-0.3, -0.25) is 4.79 Å². The molecule has 2 aliphatic rings. The zero-order valence-electron chi connectivity index (χ0n) is 12.5. The van der Waals surface area contributed by atoms with Gasteiger partial charge < -0.3 is 20.7 Å². The molecule has 0 spiro atoms. The van der Waals surface area contributed by atoms with Crippen molar-refractivity contribution in [2.75, 3.05) is 36.1 Å². The molecule has 1 saturated heterocycles. The molecule has 1 atom stereocenters. The number of carbonyl (C=O) groups is 1. The highest BCUT2D eigenvalue weighted by Gasteiger charge is 2.20. The molecule has 3 N–H and O–H groups in total. The normalized spacial score (nSPS) is 21.6. The third-order valence-corrected chi connectivity index (χ3v) is 4.31. The van der Waals surface area contributed by atoms with E-state index in [2.05, 4.69) is 23.3 Å². The van der Waals surface area contributed by atoms with Crippen LogP contribution in [-0.2, 0) is 16.0 Å². The molecule has 5 heteroatoms. The van der Waals surface area contributed by atoms with Crippen LogP contribution in [0.15, 0.2) is 12.1 Å². The number of hydrogen-bond donors (Lipinski definition) is 2. The first-order valence-electron chi connectivity index (χ1n) is 7.68. The highest BCUT2D eigenvalue weighted by atomic mass is 16.5. The maximum absolute atomic E-state index is 11.4. The largest absolute Gasteiger partial charge is 0.397 e. The van der Waals surface area contributed by atoms with Crippen LogP contribution in [0.5, 0.6) is 0 Å². The summed E-state index contributed by atoms with van der Waals surface area (Å²) in [7, 11) is 2.05. The Kier molecular flexibility index (Phi) is 4.01. The summed E-state index contributed by atoms with van der Waals surface area (Å²) in [6.07, 6.45) is 5.14. The summed E-state index contributed by atoms with van der Waals surface area (Å²) in [5.41, 5.74) is 9.91. The number of fused-ring (bicyclic) bond motifs is 1. The van der Waals surface area contributed by atoms with E-state index in [0.717, 1.165) is 42.9 Å². The topological polar surface area (TPSA) is 67.6 Å². The van der Waals surface area contributed by atoms with Gasteiger partial charge in [-0.2, -0.15) is 0 Å². The van der Waals surface area contributed by atoms with Crippen LogP contribution in [0, 0.1) is 0 Å². The molecule has 21 heavy (non-hydrogen) atoms. The number of likely N-dealkylation sites (N-methyl/N-ethyl adjacent to an activating group) is 1. The van der Waals surface area contributed by atoms with Gasteiger partial charge in [0.05, 0.1) is 17.5 Å². The van der Waals surface area contributed by atoms with Crippen LogP contribution in [0.1, 0.15) is 31.2 Å². The Morgan fingerprint density at radius 1 is 1.38 bits per heavy atom. The average molecular weight is 289 g/mol. The molecule has 1 aromatic rings. The van der Waals surface area contributed by atoms with Crippen molar-refractivity contribution in [2.24, 2.45) is 0 Å². The van der Waals surface area contributed by atoms with E-state index in [1.165, 1.54) is 12.8 Å². The number of benzene rings is 1. The first kappa shape index (κ1) is 14.2. The quantitative estimate of drug-likeness (QED) is 0.837. The first-order valence-corrected chi connectivity index (χ1v) is 7.68. The number of nitrogens with one attached hydrogen (secondary N) is 1. The van der Waals surface area contributed by atoms with Crippen molar-refractivity contribution in [2.45, 2.75) is 38.2 Å². The minimum atomic E-state index is 0.0682. The highest BCUT2D eigenvalue weighted by molar-refractivity contribution is 5.95. The minimum Gasteiger partial charge on any atom is -0.397 e. The molecule has 0 saturated carbocycles. The summed E-state index contributed by atoms with van der Waals surface area (Å²) < 4.78 is 5.80. The van der Waals surface area contributed by atoms with Gasteiger partial charge in [-0.1, -0.05) is 0 Å². The molecule has 0 radical (unpaired) electrons. The van der Waals surface area contributed by atoms with Crippen molar-refractivity contribution in [1.82, 2.24) is 0 Å². The maximum atomic E-state index is 11.4. The minimum absolute atomic E-state index is 0.0682. The molecular weight excluding hydrogens is 266 g/mol. The second kappa shape index (κ2) is 5.93. The smallest absolute Gasteiger partial charge is 0.224 e. The molecule has 1 amide bonds. The van der Waals surface area contributed by atoms with Crippen molar-refractivity contribution in [1.29, 1.82) is 0 Å². The Bertz CT molecular complexity index is 539. The second-order valence-corrected chi connectivity index (χ2v) is 5.99. The fraction of sp³-hybridized carbons (Fsp3) is 0.562. The van der Waals surface area contributed by atoms with Crippen LogP contribution in [0.2, 0.25) is 0 Å². The molecule has 1 unspecified atom stereocenters. The number of nitrogen functional groups attached to an aromatic ring is 1. The lowest BCUT2D eigenvalue weighted by Gasteiger charge is -2.30. The summed E-state index contributed by atoms with van der Waals surface area (Å²) in [6.45, 7) is 1.72. The molecule has 1 fully saturated rings. The van der Waals surface area contributed by atoms with Crippen LogP contribution in [0.4, 0.5) is 17.1 Å². The van der Waals surface area contributed by atoms with Gasteiger partial charge in [0, 0.05) is 32.3 Å². The van der Waals surface area contributed by atoms with Crippen molar-refractivity contribution >= 4 is 23.0 Å². The standard InChI is InChI=1S/C16H23N3O2/c1-19(10-12-4-2-3-7-21-12)15-8-11-5-6-16(20)18-14(11)9-13(15)17/h8-9,12H,2-7,10,17H2,1H3,(H,18,20). The van der Waals surface area contributed by atoms with E-state index in [-0.39, 0.29) is 5.91 Å². The van der Waals surface area contributed by atoms with Crippen LogP contribution in [-0.4, -0.2) is 32.2 Å². The Hall–Kier alpha value is -1.75. The molecule has 2 heterocycles. The predicted octanol–water partition coefficient (Wildman–Crippen LogP) is 2.16. The van der Waals surface area contributed by atoms with E-state index in [0.29, 0.717) is 18.2 Å². The van der Waals surface area contributed by atoms with Crippen molar-refractivity contribution in [3.8, 4) is 0 Å². The zero-order chi connectivity index (χ0) is 14.8. The molecule has 0 bridgehead atoms. The van der Waals surface area contributed by atoms with Gasteiger partial charge in [0.15, 0.2) is 0 Å². The van der Waals surface area contributed by atoms with Gasteiger partial charge in [0.2, 0.25) is 5.91 Å². The van der Waals surface area contributed by atoms with E-state index in [9.17, 15) is 4.79 Å². The molecule has 5 nitrogen and oxygen atoms in total. The summed E-state index contributed by atoms with van der Waals surface area (Å²) in [5, 5.41) is 2.89. The van der Waals surface area contributed by atoms with E-state index >= 15 is 0 Å². The Balaban J connectivity index is 1.76. The zero-order valence-corrected chi connectivity index (χ0v) is 12.5.